The van der Waals surface area contributed by atoms with Crippen LogP contribution >= 0.6 is 0 Å². The Hall–Kier alpha value is -7.56. The second-order valence-electron chi connectivity index (χ2n) is 14.5. The zero-order chi connectivity index (χ0) is 36.7. The molecule has 4 nitrogen and oxygen atoms in total. The lowest BCUT2D eigenvalue weighted by Gasteiger charge is -2.14. The molecule has 0 bridgehead atoms. The fourth-order valence-electron chi connectivity index (χ4n) is 8.84. The van der Waals surface area contributed by atoms with Gasteiger partial charge in [0.1, 0.15) is 11.2 Å². The molecule has 9 aromatic carbocycles. The first-order valence-corrected chi connectivity index (χ1v) is 19.0. The van der Waals surface area contributed by atoms with Crippen molar-refractivity contribution >= 4 is 76.2 Å². The highest BCUT2D eigenvalue weighted by Crippen LogP contribution is 2.41. The van der Waals surface area contributed by atoms with Crippen molar-refractivity contribution in [3.63, 3.8) is 0 Å². The van der Waals surface area contributed by atoms with Gasteiger partial charge in [-0.15, -0.1) is 0 Å². The molecule has 0 aliphatic carbocycles. The van der Waals surface area contributed by atoms with Crippen LogP contribution in [0.15, 0.2) is 192 Å². The van der Waals surface area contributed by atoms with E-state index in [-0.39, 0.29) is 0 Å². The highest BCUT2D eigenvalue weighted by atomic mass is 16.3. The van der Waals surface area contributed by atoms with Gasteiger partial charge in [0.05, 0.1) is 22.2 Å². The number of benzene rings is 9. The normalized spacial score (nSPS) is 11.9. The summed E-state index contributed by atoms with van der Waals surface area (Å²) in [4.78, 5) is 10.7. The molecule has 3 heterocycles. The standard InChI is InChI=1S/C52H31N3O/c1-3-14-37-32(11-1)13-9-18-38(37)34-23-25-35(26-24-34)50-43-17-5-7-21-45(43)53-52(54-50)55-46-22-8-6-16-41(46)42-20-10-19-40(51(42)55)36-27-29-44-48(31-36)56-47-30-28-33-12-2-4-15-39(33)49(44)47/h1-31H. The second-order valence-corrected chi connectivity index (χ2v) is 14.5. The van der Waals surface area contributed by atoms with E-state index in [1.165, 1.54) is 32.7 Å². The summed E-state index contributed by atoms with van der Waals surface area (Å²) in [6.45, 7) is 0. The van der Waals surface area contributed by atoms with Crippen molar-refractivity contribution in [2.24, 2.45) is 0 Å². The van der Waals surface area contributed by atoms with E-state index in [0.717, 1.165) is 77.0 Å². The predicted octanol–water partition coefficient (Wildman–Crippen LogP) is 13.9. The molecule has 260 valence electrons. The Morgan fingerprint density at radius 1 is 0.393 bits per heavy atom. The molecule has 56 heavy (non-hydrogen) atoms. The molecule has 0 atom stereocenters. The van der Waals surface area contributed by atoms with Gasteiger partial charge in [-0.25, -0.2) is 9.97 Å². The number of fused-ring (bicyclic) bond motifs is 10. The summed E-state index contributed by atoms with van der Waals surface area (Å²) in [5, 5.41) is 10.5. The molecule has 4 heteroatoms. The third kappa shape index (κ3) is 4.60. The molecular weight excluding hydrogens is 683 g/mol. The summed E-state index contributed by atoms with van der Waals surface area (Å²) >= 11 is 0. The molecular formula is C52H31N3O. The monoisotopic (exact) mass is 713 g/mol. The first kappa shape index (κ1) is 30.9. The summed E-state index contributed by atoms with van der Waals surface area (Å²) in [5.41, 5.74) is 11.2. The third-order valence-corrected chi connectivity index (χ3v) is 11.4. The van der Waals surface area contributed by atoms with Gasteiger partial charge in [0, 0.05) is 38.1 Å². The van der Waals surface area contributed by atoms with Gasteiger partial charge in [0.25, 0.3) is 0 Å². The minimum Gasteiger partial charge on any atom is -0.456 e. The van der Waals surface area contributed by atoms with Crippen LogP contribution in [0.1, 0.15) is 0 Å². The lowest BCUT2D eigenvalue weighted by molar-refractivity contribution is 0.669. The number of furan rings is 1. The minimum absolute atomic E-state index is 0.631. The maximum atomic E-state index is 6.55. The second kappa shape index (κ2) is 12.0. The van der Waals surface area contributed by atoms with E-state index >= 15 is 0 Å². The number of hydrogen-bond acceptors (Lipinski definition) is 3. The summed E-state index contributed by atoms with van der Waals surface area (Å²) in [7, 11) is 0. The minimum atomic E-state index is 0.631. The van der Waals surface area contributed by atoms with Crippen LogP contribution in [0, 0.1) is 0 Å². The quantitative estimate of drug-likeness (QED) is 0.182. The van der Waals surface area contributed by atoms with Crippen LogP contribution in [0.4, 0.5) is 0 Å². The van der Waals surface area contributed by atoms with Crippen molar-refractivity contribution < 1.29 is 4.42 Å². The van der Waals surface area contributed by atoms with E-state index < -0.39 is 0 Å². The number of aromatic nitrogens is 3. The van der Waals surface area contributed by atoms with Gasteiger partial charge in [-0.1, -0.05) is 158 Å². The van der Waals surface area contributed by atoms with Crippen LogP contribution < -0.4 is 0 Å². The molecule has 0 saturated carbocycles. The van der Waals surface area contributed by atoms with E-state index in [9.17, 15) is 0 Å². The molecule has 12 aromatic rings. The molecule has 0 radical (unpaired) electrons. The molecule has 0 fully saturated rings. The van der Waals surface area contributed by atoms with Crippen molar-refractivity contribution in [3.05, 3.63) is 188 Å². The van der Waals surface area contributed by atoms with Gasteiger partial charge in [-0.2, -0.15) is 0 Å². The van der Waals surface area contributed by atoms with Crippen molar-refractivity contribution in [2.75, 3.05) is 0 Å². The first-order chi connectivity index (χ1) is 27.8. The van der Waals surface area contributed by atoms with E-state index in [0.29, 0.717) is 5.95 Å². The van der Waals surface area contributed by atoms with Gasteiger partial charge >= 0.3 is 0 Å². The van der Waals surface area contributed by atoms with Crippen LogP contribution in [0.25, 0.3) is 116 Å². The summed E-state index contributed by atoms with van der Waals surface area (Å²) in [6.07, 6.45) is 0. The first-order valence-electron chi connectivity index (χ1n) is 19.0. The van der Waals surface area contributed by atoms with Gasteiger partial charge in [-0.3, -0.25) is 4.57 Å². The van der Waals surface area contributed by atoms with Crippen LogP contribution in [0.2, 0.25) is 0 Å². The highest BCUT2D eigenvalue weighted by Gasteiger charge is 2.21. The lowest BCUT2D eigenvalue weighted by atomic mass is 9.96. The molecule has 3 aromatic heterocycles. The number of para-hydroxylation sites is 3. The average Bonchev–Trinajstić information content (AvgIpc) is 3.82. The third-order valence-electron chi connectivity index (χ3n) is 11.4. The fraction of sp³-hybridized carbons (Fsp3) is 0. The fourth-order valence-corrected chi connectivity index (χ4v) is 8.84. The van der Waals surface area contributed by atoms with Crippen molar-refractivity contribution in [1.29, 1.82) is 0 Å². The SMILES string of the molecule is c1ccc2c(-c3ccc(-c4nc(-n5c6ccccc6c6cccc(-c7ccc8c(c7)oc7ccc9ccccc9c78)c65)nc5ccccc45)cc3)cccc2c1. The maximum absolute atomic E-state index is 6.55. The van der Waals surface area contributed by atoms with Crippen LogP contribution in [0.3, 0.4) is 0 Å². The van der Waals surface area contributed by atoms with E-state index in [1.807, 2.05) is 0 Å². The maximum Gasteiger partial charge on any atom is 0.235 e. The topological polar surface area (TPSA) is 43.9 Å². The molecule has 0 aliphatic rings. The number of hydrogen-bond donors (Lipinski definition) is 0. The van der Waals surface area contributed by atoms with Crippen LogP contribution in [0.5, 0.6) is 0 Å². The molecule has 0 spiro atoms. The molecule has 0 amide bonds. The number of rotatable bonds is 4. The average molecular weight is 714 g/mol. The van der Waals surface area contributed by atoms with Crippen LogP contribution in [-0.4, -0.2) is 14.5 Å². The smallest absolute Gasteiger partial charge is 0.235 e. The van der Waals surface area contributed by atoms with Gasteiger partial charge in [0.2, 0.25) is 5.95 Å². The zero-order valence-corrected chi connectivity index (χ0v) is 30.1. The summed E-state index contributed by atoms with van der Waals surface area (Å²) in [5.74, 6) is 0.631. The van der Waals surface area contributed by atoms with E-state index in [4.69, 9.17) is 14.4 Å². The zero-order valence-electron chi connectivity index (χ0n) is 30.1. The Bertz CT molecular complexity index is 3530. The van der Waals surface area contributed by atoms with Gasteiger partial charge < -0.3 is 4.42 Å². The Morgan fingerprint density at radius 2 is 1.04 bits per heavy atom. The molecule has 0 unspecified atom stereocenters. The Labute approximate surface area is 321 Å². The largest absolute Gasteiger partial charge is 0.456 e. The predicted molar refractivity (Wildman–Crippen MR) is 232 cm³/mol. The van der Waals surface area contributed by atoms with Crippen LogP contribution in [-0.2, 0) is 0 Å². The van der Waals surface area contributed by atoms with Crippen molar-refractivity contribution in [1.82, 2.24) is 14.5 Å². The summed E-state index contributed by atoms with van der Waals surface area (Å²) < 4.78 is 8.79. The summed E-state index contributed by atoms with van der Waals surface area (Å²) in [6, 6.07) is 66.6. The van der Waals surface area contributed by atoms with Crippen molar-refractivity contribution in [2.45, 2.75) is 0 Å². The van der Waals surface area contributed by atoms with Crippen molar-refractivity contribution in [3.8, 4) is 39.5 Å². The molecule has 0 saturated heterocycles. The van der Waals surface area contributed by atoms with Gasteiger partial charge in [0.15, 0.2) is 0 Å². The molecule has 0 aliphatic heterocycles. The Balaban J connectivity index is 1.07. The van der Waals surface area contributed by atoms with E-state index in [1.54, 1.807) is 0 Å². The Morgan fingerprint density at radius 3 is 1.91 bits per heavy atom. The highest BCUT2D eigenvalue weighted by molar-refractivity contribution is 6.20. The molecule has 12 rings (SSSR count). The van der Waals surface area contributed by atoms with Gasteiger partial charge in [-0.05, 0) is 68.6 Å². The van der Waals surface area contributed by atoms with E-state index in [2.05, 4.69) is 193 Å². The number of nitrogens with zero attached hydrogens (tertiary/aromatic N) is 3. The lowest BCUT2D eigenvalue weighted by Crippen LogP contribution is -2.04. The molecule has 0 N–H and O–H groups in total. The Kier molecular flexibility index (Phi) is 6.60.